The third-order valence-corrected chi connectivity index (χ3v) is 9.46. The molecule has 0 amide bonds. The lowest BCUT2D eigenvalue weighted by molar-refractivity contribution is -0.122. The monoisotopic (exact) mass is 586 g/mol. The van der Waals surface area contributed by atoms with Gasteiger partial charge in [-0.1, -0.05) is 18.9 Å². The van der Waals surface area contributed by atoms with E-state index < -0.39 is 22.8 Å². The molecule has 2 saturated heterocycles. The summed E-state index contributed by atoms with van der Waals surface area (Å²) < 4.78 is 29.2. The van der Waals surface area contributed by atoms with Crippen molar-refractivity contribution in [1.29, 1.82) is 0 Å². The van der Waals surface area contributed by atoms with Crippen LogP contribution in [0.1, 0.15) is 66.6 Å². The van der Waals surface area contributed by atoms with E-state index in [0.717, 1.165) is 38.2 Å². The van der Waals surface area contributed by atoms with E-state index in [2.05, 4.69) is 14.7 Å². The molecule has 0 radical (unpaired) electrons. The first-order valence-corrected chi connectivity index (χ1v) is 15.0. The number of carboxylic acid groups (broad SMARTS) is 1. The van der Waals surface area contributed by atoms with E-state index >= 15 is 0 Å². The fourth-order valence-electron chi connectivity index (χ4n) is 7.32. The van der Waals surface area contributed by atoms with E-state index in [0.29, 0.717) is 30.7 Å². The van der Waals surface area contributed by atoms with Gasteiger partial charge in [0, 0.05) is 50.9 Å². The Balaban J connectivity index is 0.00000113. The first-order valence-electron chi connectivity index (χ1n) is 15.0. The number of carbonyl (C=O) groups excluding carboxylic acids is 1. The summed E-state index contributed by atoms with van der Waals surface area (Å²) in [5.41, 5.74) is 0.0678. The fraction of sp³-hybridized carbons (Fsp3) is 0.581. The summed E-state index contributed by atoms with van der Waals surface area (Å²) >= 11 is 0. The van der Waals surface area contributed by atoms with Crippen LogP contribution >= 0.6 is 0 Å². The Morgan fingerprint density at radius 1 is 1.05 bits per heavy atom. The number of aryl methyl sites for hydroxylation is 1. The summed E-state index contributed by atoms with van der Waals surface area (Å²) in [5, 5.41) is 17.9. The standard InChI is InChI=1S/C30H38F2N4O3.CH2O2/c31-22-9-7-20(24(32)15-22)8-10-27(37)23-17-35-19-28-34(14-13-33-11-3-4-12-33)16-21-5-1-2-6-25(21)36(28)18-26(35)30(39)29(23)38;2-1-3/h7,9,15,17,21,25,28,39H,1-6,8,10-14,16,18-19H2;1H,(H,2,3)/t21-,25-,28-;/m0./s1. The lowest BCUT2D eigenvalue weighted by Gasteiger charge is -2.56. The predicted octanol–water partition coefficient (Wildman–Crippen LogP) is 3.46. The van der Waals surface area contributed by atoms with E-state index in [1.54, 1.807) is 6.20 Å². The molecule has 0 unspecified atom stereocenters. The lowest BCUT2D eigenvalue weighted by atomic mass is 9.80. The van der Waals surface area contributed by atoms with Crippen molar-refractivity contribution in [2.75, 3.05) is 32.7 Å². The van der Waals surface area contributed by atoms with Crippen LogP contribution in [-0.4, -0.2) is 86.7 Å². The maximum atomic E-state index is 14.1. The number of likely N-dealkylation sites (tertiary alicyclic amines) is 1. The number of aromatic hydroxyl groups is 1. The van der Waals surface area contributed by atoms with Gasteiger partial charge in [0.2, 0.25) is 5.43 Å². The third kappa shape index (κ3) is 6.43. The number of rotatable bonds is 7. The zero-order chi connectivity index (χ0) is 29.8. The second-order valence-electron chi connectivity index (χ2n) is 11.9. The highest BCUT2D eigenvalue weighted by Crippen LogP contribution is 2.39. The molecule has 9 nitrogen and oxygen atoms in total. The SMILES string of the molecule is O=C(CCc1ccc(F)cc1F)c1cn2c(c(O)c1=O)CN1[C@H]3CCCC[C@H]3CN(CCN3CCCC3)[C@@H]1C2.O=CO. The molecular formula is C31H40F2N4O5. The highest BCUT2D eigenvalue weighted by molar-refractivity contribution is 5.96. The largest absolute Gasteiger partial charge is 0.503 e. The highest BCUT2D eigenvalue weighted by atomic mass is 19.1. The van der Waals surface area contributed by atoms with Gasteiger partial charge in [-0.3, -0.25) is 24.2 Å². The molecule has 228 valence electrons. The number of carbonyl (C=O) groups is 2. The maximum Gasteiger partial charge on any atom is 0.290 e. The first kappa shape index (κ1) is 30.3. The Morgan fingerprint density at radius 3 is 2.52 bits per heavy atom. The Labute approximate surface area is 244 Å². The summed E-state index contributed by atoms with van der Waals surface area (Å²) in [7, 11) is 0. The predicted molar refractivity (Wildman–Crippen MR) is 152 cm³/mol. The molecule has 1 aromatic carbocycles. The molecule has 42 heavy (non-hydrogen) atoms. The van der Waals surface area contributed by atoms with Gasteiger partial charge in [0.15, 0.2) is 11.5 Å². The summed E-state index contributed by atoms with van der Waals surface area (Å²) in [4.78, 5) is 42.2. The average molecular weight is 587 g/mol. The van der Waals surface area contributed by atoms with Gasteiger partial charge in [0.25, 0.3) is 6.47 Å². The number of halogens is 2. The molecule has 0 spiro atoms. The van der Waals surface area contributed by atoms with Crippen LogP contribution < -0.4 is 5.43 Å². The number of hydrogen-bond acceptors (Lipinski definition) is 7. The van der Waals surface area contributed by atoms with Gasteiger partial charge in [0.05, 0.1) is 24.0 Å². The quantitative estimate of drug-likeness (QED) is 0.376. The smallest absolute Gasteiger partial charge is 0.290 e. The van der Waals surface area contributed by atoms with E-state index in [-0.39, 0.29) is 42.4 Å². The number of nitrogens with zero attached hydrogens (tertiary/aromatic N) is 4. The van der Waals surface area contributed by atoms with Crippen molar-refractivity contribution in [3.05, 3.63) is 63.1 Å². The van der Waals surface area contributed by atoms with Crippen LogP contribution in [0.25, 0.3) is 0 Å². The zero-order valence-corrected chi connectivity index (χ0v) is 23.9. The molecule has 1 aliphatic carbocycles. The number of hydrogen-bond donors (Lipinski definition) is 2. The number of ketones is 1. The summed E-state index contributed by atoms with van der Waals surface area (Å²) in [6.45, 7) is 6.26. The fourth-order valence-corrected chi connectivity index (χ4v) is 7.32. The average Bonchev–Trinajstić information content (AvgIpc) is 3.51. The van der Waals surface area contributed by atoms with E-state index in [1.807, 2.05) is 4.57 Å². The van der Waals surface area contributed by atoms with Gasteiger partial charge in [-0.15, -0.1) is 0 Å². The number of benzene rings is 1. The molecule has 2 aromatic rings. The first-order chi connectivity index (χ1) is 20.3. The Hall–Kier alpha value is -3.15. The van der Waals surface area contributed by atoms with Gasteiger partial charge in [-0.05, 0) is 62.7 Å². The summed E-state index contributed by atoms with van der Waals surface area (Å²) in [5.74, 6) is -1.58. The van der Waals surface area contributed by atoms with Crippen molar-refractivity contribution in [1.82, 2.24) is 19.3 Å². The number of pyridine rings is 1. The number of aromatic nitrogens is 1. The van der Waals surface area contributed by atoms with Gasteiger partial charge in [-0.25, -0.2) is 8.78 Å². The molecule has 4 aliphatic rings. The van der Waals surface area contributed by atoms with Crippen molar-refractivity contribution in [3.63, 3.8) is 0 Å². The molecular weight excluding hydrogens is 546 g/mol. The summed E-state index contributed by atoms with van der Waals surface area (Å²) in [6.07, 6.45) is 9.07. The second-order valence-corrected chi connectivity index (χ2v) is 11.9. The van der Waals surface area contributed by atoms with Crippen LogP contribution in [0.3, 0.4) is 0 Å². The van der Waals surface area contributed by atoms with Crippen LogP contribution in [0.2, 0.25) is 0 Å². The van der Waals surface area contributed by atoms with Crippen LogP contribution in [0, 0.1) is 17.6 Å². The van der Waals surface area contributed by atoms with E-state index in [1.165, 1.54) is 51.3 Å². The van der Waals surface area contributed by atoms with Crippen LogP contribution in [0.15, 0.2) is 29.2 Å². The molecule has 11 heteroatoms. The van der Waals surface area contributed by atoms with Crippen molar-refractivity contribution in [3.8, 4) is 5.75 Å². The molecule has 6 rings (SSSR count). The van der Waals surface area contributed by atoms with Crippen molar-refractivity contribution in [2.24, 2.45) is 5.92 Å². The molecule has 3 fully saturated rings. The van der Waals surface area contributed by atoms with Gasteiger partial charge >= 0.3 is 0 Å². The van der Waals surface area contributed by atoms with Crippen molar-refractivity contribution in [2.45, 2.75) is 76.7 Å². The molecule has 2 N–H and O–H groups in total. The van der Waals surface area contributed by atoms with Crippen molar-refractivity contribution < 1.29 is 28.6 Å². The van der Waals surface area contributed by atoms with Crippen LogP contribution in [-0.2, 0) is 24.3 Å². The maximum absolute atomic E-state index is 14.1. The minimum absolute atomic E-state index is 0.0522. The van der Waals surface area contributed by atoms with Gasteiger partial charge in [-0.2, -0.15) is 0 Å². The molecule has 3 aliphatic heterocycles. The second kappa shape index (κ2) is 13.4. The molecule has 4 heterocycles. The lowest BCUT2D eigenvalue weighted by Crippen LogP contribution is -2.66. The van der Waals surface area contributed by atoms with Gasteiger partial charge in [0.1, 0.15) is 11.6 Å². The number of Topliss-reactive ketones (excluding diaryl/α,β-unsaturated/α-hetero) is 1. The molecule has 1 aromatic heterocycles. The van der Waals surface area contributed by atoms with E-state index in [4.69, 9.17) is 9.90 Å². The number of fused-ring (bicyclic) bond motifs is 4. The molecule has 0 bridgehead atoms. The molecule has 1 saturated carbocycles. The normalized spacial score (nSPS) is 24.2. The Kier molecular flexibility index (Phi) is 9.70. The minimum atomic E-state index is -0.708. The van der Waals surface area contributed by atoms with Crippen molar-refractivity contribution >= 4 is 12.3 Å². The van der Waals surface area contributed by atoms with Crippen LogP contribution in [0.4, 0.5) is 8.78 Å². The van der Waals surface area contributed by atoms with E-state index in [9.17, 15) is 23.5 Å². The zero-order valence-electron chi connectivity index (χ0n) is 23.9. The molecule has 3 atom stereocenters. The Morgan fingerprint density at radius 2 is 1.79 bits per heavy atom. The summed E-state index contributed by atoms with van der Waals surface area (Å²) in [6, 6.07) is 3.72. The topological polar surface area (TPSA) is 106 Å². The highest BCUT2D eigenvalue weighted by Gasteiger charge is 2.45. The third-order valence-electron chi connectivity index (χ3n) is 9.46. The minimum Gasteiger partial charge on any atom is -0.503 e. The Bertz CT molecular complexity index is 1350. The van der Waals surface area contributed by atoms with Crippen LogP contribution in [0.5, 0.6) is 5.75 Å². The van der Waals surface area contributed by atoms with Gasteiger partial charge < -0.3 is 19.7 Å².